The van der Waals surface area contributed by atoms with Crippen LogP contribution in [0.3, 0.4) is 0 Å². The number of hydrogen-bond donors (Lipinski definition) is 0. The molecule has 120 valence electrons. The number of aromatic nitrogens is 3. The average Bonchev–Trinajstić information content (AvgIpc) is 3.08. The van der Waals surface area contributed by atoms with E-state index in [0.29, 0.717) is 36.5 Å². The molecule has 0 radical (unpaired) electrons. The number of rotatable bonds is 3. The standard InChI is InChI=1S/C12H13F3N4O2S/c1-7-16-11(21-18-7)8-5-20-3-2-19(8)4-10-17-9(6-22-10)12(13,14)15/h6,8H,2-5H2,1H3/t8-/m1/s1. The van der Waals surface area contributed by atoms with Crippen molar-refractivity contribution in [2.24, 2.45) is 0 Å². The van der Waals surface area contributed by atoms with Crippen molar-refractivity contribution in [3.8, 4) is 0 Å². The van der Waals surface area contributed by atoms with Gasteiger partial charge in [-0.3, -0.25) is 4.90 Å². The second kappa shape index (κ2) is 5.94. The maximum Gasteiger partial charge on any atom is 0.434 e. The van der Waals surface area contributed by atoms with Gasteiger partial charge >= 0.3 is 6.18 Å². The summed E-state index contributed by atoms with van der Waals surface area (Å²) in [5.41, 5.74) is -0.856. The van der Waals surface area contributed by atoms with Crippen molar-refractivity contribution >= 4 is 11.3 Å². The van der Waals surface area contributed by atoms with E-state index in [1.165, 1.54) is 0 Å². The van der Waals surface area contributed by atoms with Crippen molar-refractivity contribution < 1.29 is 22.4 Å². The molecule has 1 aliphatic rings. The SMILES string of the molecule is Cc1noc([C@H]2COCCN2Cc2nc(C(F)(F)F)cs2)n1. The second-order valence-electron chi connectivity index (χ2n) is 4.87. The van der Waals surface area contributed by atoms with Crippen molar-refractivity contribution in [3.05, 3.63) is 27.8 Å². The highest BCUT2D eigenvalue weighted by molar-refractivity contribution is 7.09. The van der Waals surface area contributed by atoms with Gasteiger partial charge in [-0.2, -0.15) is 18.2 Å². The topological polar surface area (TPSA) is 64.3 Å². The Morgan fingerprint density at radius 2 is 2.23 bits per heavy atom. The van der Waals surface area contributed by atoms with E-state index < -0.39 is 11.9 Å². The molecule has 1 atom stereocenters. The highest BCUT2D eigenvalue weighted by atomic mass is 32.1. The minimum absolute atomic E-state index is 0.270. The summed E-state index contributed by atoms with van der Waals surface area (Å²) in [6.45, 7) is 3.42. The van der Waals surface area contributed by atoms with Crippen molar-refractivity contribution in [1.29, 1.82) is 0 Å². The molecule has 0 bridgehead atoms. The van der Waals surface area contributed by atoms with Crippen LogP contribution in [-0.2, 0) is 17.5 Å². The van der Waals surface area contributed by atoms with Crippen LogP contribution in [0.15, 0.2) is 9.90 Å². The normalized spacial score (nSPS) is 20.5. The second-order valence-corrected chi connectivity index (χ2v) is 5.81. The lowest BCUT2D eigenvalue weighted by Crippen LogP contribution is -2.39. The molecular formula is C12H13F3N4O2S. The molecule has 0 spiro atoms. The largest absolute Gasteiger partial charge is 0.434 e. The molecule has 0 unspecified atom stereocenters. The molecule has 2 aromatic heterocycles. The number of ether oxygens (including phenoxy) is 1. The van der Waals surface area contributed by atoms with Crippen LogP contribution in [0.5, 0.6) is 0 Å². The van der Waals surface area contributed by atoms with E-state index >= 15 is 0 Å². The zero-order chi connectivity index (χ0) is 15.7. The van der Waals surface area contributed by atoms with Crippen LogP contribution in [0.1, 0.15) is 28.5 Å². The van der Waals surface area contributed by atoms with Gasteiger partial charge in [0.05, 0.1) is 19.8 Å². The lowest BCUT2D eigenvalue weighted by Gasteiger charge is -2.32. The van der Waals surface area contributed by atoms with Crippen molar-refractivity contribution in [3.63, 3.8) is 0 Å². The molecular weight excluding hydrogens is 321 g/mol. The Morgan fingerprint density at radius 1 is 1.41 bits per heavy atom. The fraction of sp³-hybridized carbons (Fsp3) is 0.583. The van der Waals surface area contributed by atoms with E-state index in [-0.39, 0.29) is 12.6 Å². The number of thiazole rings is 1. The van der Waals surface area contributed by atoms with Crippen LogP contribution >= 0.6 is 11.3 Å². The fourth-order valence-corrected chi connectivity index (χ4v) is 3.02. The molecule has 0 aliphatic carbocycles. The van der Waals surface area contributed by atoms with Gasteiger partial charge in [-0.1, -0.05) is 5.16 Å². The minimum Gasteiger partial charge on any atom is -0.378 e. The van der Waals surface area contributed by atoms with Gasteiger partial charge in [0, 0.05) is 11.9 Å². The third-order valence-electron chi connectivity index (χ3n) is 3.25. The van der Waals surface area contributed by atoms with Gasteiger partial charge in [0.15, 0.2) is 11.5 Å². The van der Waals surface area contributed by atoms with Gasteiger partial charge in [-0.15, -0.1) is 11.3 Å². The molecule has 0 saturated carbocycles. The maximum atomic E-state index is 12.6. The Bertz CT molecular complexity index is 642. The van der Waals surface area contributed by atoms with Crippen molar-refractivity contribution in [2.45, 2.75) is 25.7 Å². The Labute approximate surface area is 127 Å². The summed E-state index contributed by atoms with van der Waals surface area (Å²) in [4.78, 5) is 9.77. The van der Waals surface area contributed by atoms with Gasteiger partial charge < -0.3 is 9.26 Å². The van der Waals surface area contributed by atoms with E-state index in [1.807, 2.05) is 4.90 Å². The number of hydrogen-bond acceptors (Lipinski definition) is 7. The fourth-order valence-electron chi connectivity index (χ4n) is 2.19. The quantitative estimate of drug-likeness (QED) is 0.859. The number of morpholine rings is 1. The van der Waals surface area contributed by atoms with Crippen LogP contribution in [-0.4, -0.2) is 39.8 Å². The molecule has 0 N–H and O–H groups in total. The number of halogens is 3. The maximum absolute atomic E-state index is 12.6. The summed E-state index contributed by atoms with van der Waals surface area (Å²) in [5.74, 6) is 0.916. The summed E-state index contributed by atoms with van der Waals surface area (Å²) in [6.07, 6.45) is -4.41. The predicted octanol–water partition coefficient (Wildman–Crippen LogP) is 2.43. The van der Waals surface area contributed by atoms with Gasteiger partial charge in [-0.05, 0) is 6.92 Å². The van der Waals surface area contributed by atoms with Crippen LogP contribution in [0, 0.1) is 6.92 Å². The third-order valence-corrected chi connectivity index (χ3v) is 4.08. The van der Waals surface area contributed by atoms with Crippen LogP contribution in [0.4, 0.5) is 13.2 Å². The highest BCUT2D eigenvalue weighted by Gasteiger charge is 2.35. The predicted molar refractivity (Wildman–Crippen MR) is 70.1 cm³/mol. The van der Waals surface area contributed by atoms with Gasteiger partial charge in [0.1, 0.15) is 11.0 Å². The van der Waals surface area contributed by atoms with Crippen LogP contribution < -0.4 is 0 Å². The van der Waals surface area contributed by atoms with Gasteiger partial charge in [0.25, 0.3) is 0 Å². The molecule has 1 aliphatic heterocycles. The summed E-state index contributed by atoms with van der Waals surface area (Å²) in [7, 11) is 0. The van der Waals surface area contributed by atoms with E-state index in [9.17, 15) is 13.2 Å². The molecule has 0 amide bonds. The zero-order valence-electron chi connectivity index (χ0n) is 11.6. The Morgan fingerprint density at radius 3 is 2.86 bits per heavy atom. The van der Waals surface area contributed by atoms with Gasteiger partial charge in [-0.25, -0.2) is 4.98 Å². The first-order valence-electron chi connectivity index (χ1n) is 6.57. The lowest BCUT2D eigenvalue weighted by atomic mass is 10.2. The first-order chi connectivity index (χ1) is 10.4. The molecule has 3 heterocycles. The Hall–Kier alpha value is -1.52. The number of nitrogens with zero attached hydrogens (tertiary/aromatic N) is 4. The van der Waals surface area contributed by atoms with Gasteiger partial charge in [0.2, 0.25) is 5.89 Å². The molecule has 2 aromatic rings. The third kappa shape index (κ3) is 3.28. The summed E-state index contributed by atoms with van der Waals surface area (Å²) in [6, 6.07) is -0.270. The molecule has 6 nitrogen and oxygen atoms in total. The van der Waals surface area contributed by atoms with E-state index in [1.54, 1.807) is 6.92 Å². The first-order valence-corrected chi connectivity index (χ1v) is 7.45. The number of alkyl halides is 3. The average molecular weight is 334 g/mol. The van der Waals surface area contributed by atoms with Crippen LogP contribution in [0.25, 0.3) is 0 Å². The van der Waals surface area contributed by atoms with E-state index in [4.69, 9.17) is 9.26 Å². The molecule has 10 heteroatoms. The van der Waals surface area contributed by atoms with Crippen molar-refractivity contribution in [2.75, 3.05) is 19.8 Å². The Balaban J connectivity index is 1.75. The molecule has 0 aromatic carbocycles. The monoisotopic (exact) mass is 334 g/mol. The molecule has 1 fully saturated rings. The number of aryl methyl sites for hydroxylation is 1. The summed E-state index contributed by atoms with van der Waals surface area (Å²) >= 11 is 0.992. The van der Waals surface area contributed by atoms with Crippen LogP contribution in [0.2, 0.25) is 0 Å². The summed E-state index contributed by atoms with van der Waals surface area (Å²) < 4.78 is 48.4. The Kier molecular flexibility index (Phi) is 4.15. The van der Waals surface area contributed by atoms with Crippen molar-refractivity contribution in [1.82, 2.24) is 20.0 Å². The van der Waals surface area contributed by atoms with E-state index in [0.717, 1.165) is 16.7 Å². The molecule has 22 heavy (non-hydrogen) atoms. The molecule has 1 saturated heterocycles. The minimum atomic E-state index is -4.41. The summed E-state index contributed by atoms with van der Waals surface area (Å²) in [5, 5.41) is 5.17. The smallest absolute Gasteiger partial charge is 0.378 e. The highest BCUT2D eigenvalue weighted by Crippen LogP contribution is 2.31. The first kappa shape index (κ1) is 15.4. The zero-order valence-corrected chi connectivity index (χ0v) is 12.4. The van der Waals surface area contributed by atoms with E-state index in [2.05, 4.69) is 15.1 Å². The molecule has 3 rings (SSSR count). The lowest BCUT2D eigenvalue weighted by molar-refractivity contribution is -0.140.